The number of hydrogen-bond donors (Lipinski definition) is 1. The second-order valence-electron chi connectivity index (χ2n) is 5.70. The molecule has 0 radical (unpaired) electrons. The first kappa shape index (κ1) is 18.8. The van der Waals surface area contributed by atoms with E-state index in [9.17, 15) is 18.0 Å². The molecule has 0 aliphatic carbocycles. The summed E-state index contributed by atoms with van der Waals surface area (Å²) in [7, 11) is 0. The molecule has 2 aromatic carbocycles. The van der Waals surface area contributed by atoms with Gasteiger partial charge in [0.05, 0.1) is 10.6 Å². The number of halogens is 4. The average molecular weight is 396 g/mol. The zero-order chi connectivity index (χ0) is 19.6. The van der Waals surface area contributed by atoms with Crippen molar-refractivity contribution < 1.29 is 18.0 Å². The zero-order valence-corrected chi connectivity index (χ0v) is 14.7. The van der Waals surface area contributed by atoms with E-state index in [4.69, 9.17) is 11.6 Å². The Balaban J connectivity index is 1.71. The summed E-state index contributed by atoms with van der Waals surface area (Å²) < 4.78 is 38.6. The highest BCUT2D eigenvalue weighted by Crippen LogP contribution is 2.36. The first-order chi connectivity index (χ1) is 12.7. The molecular weight excluding hydrogens is 383 g/mol. The van der Waals surface area contributed by atoms with Gasteiger partial charge >= 0.3 is 6.18 Å². The third kappa shape index (κ3) is 4.43. The van der Waals surface area contributed by atoms with Gasteiger partial charge in [0.15, 0.2) is 0 Å². The van der Waals surface area contributed by atoms with Gasteiger partial charge < -0.3 is 5.32 Å². The van der Waals surface area contributed by atoms with Gasteiger partial charge in [-0.2, -0.15) is 18.0 Å². The topological polar surface area (TPSA) is 72.7 Å². The van der Waals surface area contributed by atoms with E-state index in [0.717, 1.165) is 28.1 Å². The molecular formula is C17H13ClF3N5O. The number of anilines is 1. The normalized spacial score (nSPS) is 11.4. The summed E-state index contributed by atoms with van der Waals surface area (Å²) >= 11 is 5.56. The van der Waals surface area contributed by atoms with Crippen molar-refractivity contribution >= 4 is 23.2 Å². The van der Waals surface area contributed by atoms with E-state index in [1.54, 1.807) is 0 Å². The van der Waals surface area contributed by atoms with Crippen LogP contribution >= 0.6 is 11.6 Å². The van der Waals surface area contributed by atoms with Gasteiger partial charge in [-0.1, -0.05) is 35.9 Å². The van der Waals surface area contributed by atoms with Crippen LogP contribution in [0.4, 0.5) is 18.9 Å². The lowest BCUT2D eigenvalue weighted by atomic mass is 10.1. The van der Waals surface area contributed by atoms with E-state index in [-0.39, 0.29) is 12.2 Å². The van der Waals surface area contributed by atoms with Gasteiger partial charge in [0.1, 0.15) is 6.54 Å². The monoisotopic (exact) mass is 395 g/mol. The highest BCUT2D eigenvalue weighted by Gasteiger charge is 2.33. The largest absolute Gasteiger partial charge is 0.417 e. The van der Waals surface area contributed by atoms with Crippen LogP contribution in [0.15, 0.2) is 42.5 Å². The number of alkyl halides is 3. The molecule has 0 bridgehead atoms. The number of hydrogen-bond acceptors (Lipinski definition) is 4. The van der Waals surface area contributed by atoms with Crippen LogP contribution in [0.3, 0.4) is 0 Å². The van der Waals surface area contributed by atoms with Crippen molar-refractivity contribution in [1.82, 2.24) is 20.2 Å². The van der Waals surface area contributed by atoms with E-state index in [2.05, 4.69) is 20.7 Å². The van der Waals surface area contributed by atoms with Gasteiger partial charge in [-0.3, -0.25) is 4.79 Å². The molecule has 0 fully saturated rings. The lowest BCUT2D eigenvalue weighted by molar-refractivity contribution is -0.137. The smallest absolute Gasteiger partial charge is 0.324 e. The van der Waals surface area contributed by atoms with Crippen molar-refractivity contribution in [2.45, 2.75) is 19.6 Å². The van der Waals surface area contributed by atoms with E-state index in [1.165, 1.54) is 6.07 Å². The number of amides is 1. The molecule has 0 saturated heterocycles. The number of aromatic nitrogens is 4. The molecule has 3 rings (SSSR count). The molecule has 0 spiro atoms. The molecule has 0 atom stereocenters. The van der Waals surface area contributed by atoms with Crippen molar-refractivity contribution in [2.24, 2.45) is 0 Å². The highest BCUT2D eigenvalue weighted by atomic mass is 35.5. The quantitative estimate of drug-likeness (QED) is 0.725. The second-order valence-corrected chi connectivity index (χ2v) is 6.11. The number of carbonyl (C=O) groups is 1. The summed E-state index contributed by atoms with van der Waals surface area (Å²) in [5.41, 5.74) is 0.665. The van der Waals surface area contributed by atoms with E-state index < -0.39 is 22.7 Å². The van der Waals surface area contributed by atoms with Crippen LogP contribution in [0, 0.1) is 6.92 Å². The maximum Gasteiger partial charge on any atom is 0.417 e. The van der Waals surface area contributed by atoms with Crippen LogP contribution in [0.25, 0.3) is 11.4 Å². The molecule has 1 amide bonds. The zero-order valence-electron chi connectivity index (χ0n) is 14.0. The summed E-state index contributed by atoms with van der Waals surface area (Å²) in [6, 6.07) is 10.5. The first-order valence-corrected chi connectivity index (χ1v) is 8.12. The predicted molar refractivity (Wildman–Crippen MR) is 93.1 cm³/mol. The number of benzene rings is 2. The lowest BCUT2D eigenvalue weighted by Crippen LogP contribution is -2.21. The van der Waals surface area contributed by atoms with Gasteiger partial charge in [-0.05, 0) is 35.9 Å². The number of aryl methyl sites for hydroxylation is 1. The van der Waals surface area contributed by atoms with Crippen LogP contribution in [0.5, 0.6) is 0 Å². The van der Waals surface area contributed by atoms with E-state index in [0.29, 0.717) is 5.82 Å². The van der Waals surface area contributed by atoms with E-state index >= 15 is 0 Å². The van der Waals surface area contributed by atoms with Gasteiger partial charge in [0.2, 0.25) is 11.7 Å². The van der Waals surface area contributed by atoms with Crippen LogP contribution in [-0.4, -0.2) is 26.1 Å². The Morgan fingerprint density at radius 2 is 1.96 bits per heavy atom. The Hall–Kier alpha value is -2.94. The maximum atomic E-state index is 12.9. The Bertz CT molecular complexity index is 987. The van der Waals surface area contributed by atoms with Crippen LogP contribution in [0.2, 0.25) is 5.02 Å². The Morgan fingerprint density at radius 1 is 1.22 bits per heavy atom. The molecule has 6 nitrogen and oxygen atoms in total. The minimum Gasteiger partial charge on any atom is -0.324 e. The summed E-state index contributed by atoms with van der Waals surface area (Å²) in [5.74, 6) is -0.245. The third-order valence-corrected chi connectivity index (χ3v) is 4.01. The van der Waals surface area contributed by atoms with Crippen LogP contribution in [-0.2, 0) is 17.5 Å². The van der Waals surface area contributed by atoms with Crippen molar-refractivity contribution in [1.29, 1.82) is 0 Å². The van der Waals surface area contributed by atoms with Crippen LogP contribution < -0.4 is 5.32 Å². The standard InChI is InChI=1S/C17H13ClF3N5O/c1-10-4-2-3-5-12(10)16-23-25-26(24-16)9-15(27)22-11-6-7-14(18)13(8-11)17(19,20)21/h2-8H,9H2,1H3,(H,22,27). The van der Waals surface area contributed by atoms with Crippen molar-refractivity contribution in [3.05, 3.63) is 58.6 Å². The molecule has 3 aromatic rings. The van der Waals surface area contributed by atoms with Gasteiger partial charge in [-0.15, -0.1) is 10.2 Å². The minimum atomic E-state index is -4.62. The maximum absolute atomic E-state index is 12.9. The summed E-state index contributed by atoms with van der Waals surface area (Å²) in [4.78, 5) is 13.2. The highest BCUT2D eigenvalue weighted by molar-refractivity contribution is 6.31. The molecule has 1 aromatic heterocycles. The number of tetrazole rings is 1. The number of carbonyl (C=O) groups excluding carboxylic acids is 1. The SMILES string of the molecule is Cc1ccccc1-c1nnn(CC(=O)Nc2ccc(Cl)c(C(F)(F)F)c2)n1. The Morgan fingerprint density at radius 3 is 2.67 bits per heavy atom. The first-order valence-electron chi connectivity index (χ1n) is 7.74. The van der Waals surface area contributed by atoms with Gasteiger partial charge in [0, 0.05) is 11.3 Å². The number of rotatable bonds is 4. The molecule has 27 heavy (non-hydrogen) atoms. The third-order valence-electron chi connectivity index (χ3n) is 3.68. The molecule has 140 valence electrons. The second kappa shape index (κ2) is 7.36. The lowest BCUT2D eigenvalue weighted by Gasteiger charge is -2.11. The fourth-order valence-corrected chi connectivity index (χ4v) is 2.62. The number of nitrogens with zero attached hydrogens (tertiary/aromatic N) is 4. The predicted octanol–water partition coefficient (Wildman–Crippen LogP) is 3.96. The fourth-order valence-electron chi connectivity index (χ4n) is 2.39. The van der Waals surface area contributed by atoms with E-state index in [1.807, 2.05) is 31.2 Å². The number of nitrogens with one attached hydrogen (secondary N) is 1. The van der Waals surface area contributed by atoms with Crippen molar-refractivity contribution in [2.75, 3.05) is 5.32 Å². The average Bonchev–Trinajstić information content (AvgIpc) is 3.04. The Kier molecular flexibility index (Phi) is 5.13. The molecule has 10 heteroatoms. The molecule has 1 N–H and O–H groups in total. The van der Waals surface area contributed by atoms with Gasteiger partial charge in [-0.25, -0.2) is 0 Å². The van der Waals surface area contributed by atoms with Crippen LogP contribution in [0.1, 0.15) is 11.1 Å². The molecule has 0 saturated carbocycles. The minimum absolute atomic E-state index is 0.0315. The summed E-state index contributed by atoms with van der Waals surface area (Å²) in [5, 5.41) is 13.7. The Labute approximate surface area is 157 Å². The van der Waals surface area contributed by atoms with Crippen molar-refractivity contribution in [3.63, 3.8) is 0 Å². The summed E-state index contributed by atoms with van der Waals surface area (Å²) in [6.45, 7) is 1.59. The summed E-state index contributed by atoms with van der Waals surface area (Å²) in [6.07, 6.45) is -4.62. The van der Waals surface area contributed by atoms with Gasteiger partial charge in [0.25, 0.3) is 0 Å². The molecule has 1 heterocycles. The fraction of sp³-hybridized carbons (Fsp3) is 0.176. The molecule has 0 aliphatic rings. The molecule has 0 aliphatic heterocycles. The van der Waals surface area contributed by atoms with Crippen molar-refractivity contribution in [3.8, 4) is 11.4 Å². The molecule has 0 unspecified atom stereocenters.